The number of carbonyl (C=O) groups is 2. The number of rotatable bonds is 6. The van der Waals surface area contributed by atoms with Crippen LogP contribution in [0.25, 0.3) is 0 Å². The second kappa shape index (κ2) is 7.33. The van der Waals surface area contributed by atoms with Crippen molar-refractivity contribution in [3.8, 4) is 0 Å². The average Bonchev–Trinajstić information content (AvgIpc) is 2.73. The number of aliphatic carboxylic acids is 1. The van der Waals surface area contributed by atoms with Gasteiger partial charge in [0.25, 0.3) is 0 Å². The van der Waals surface area contributed by atoms with Gasteiger partial charge >= 0.3 is 12.0 Å². The van der Waals surface area contributed by atoms with Crippen LogP contribution in [0, 0.1) is 5.92 Å². The molecular weight excluding hydrogens is 246 g/mol. The normalized spacial score (nSPS) is 19.4. The summed E-state index contributed by atoms with van der Waals surface area (Å²) in [6.07, 6.45) is 1.74. The minimum absolute atomic E-state index is 0.0278. The molecule has 0 aliphatic carbocycles. The largest absolute Gasteiger partial charge is 0.481 e. The fraction of sp³-hybridized carbons (Fsp3) is 0.846. The Bertz CT molecular complexity index is 322. The first-order valence-corrected chi connectivity index (χ1v) is 6.76. The number of amides is 2. The van der Waals surface area contributed by atoms with E-state index in [4.69, 9.17) is 5.11 Å². The number of nitrogens with zero attached hydrogens (tertiary/aromatic N) is 3. The fourth-order valence-corrected chi connectivity index (χ4v) is 2.50. The van der Waals surface area contributed by atoms with Gasteiger partial charge in [0.15, 0.2) is 0 Å². The van der Waals surface area contributed by atoms with Gasteiger partial charge in [-0.3, -0.25) is 4.79 Å². The highest BCUT2D eigenvalue weighted by Crippen LogP contribution is 2.15. The SMILES string of the molecule is CN1CCC(CN(C)C(=O)N(C)CCCC(=O)O)C1. The van der Waals surface area contributed by atoms with Crippen LogP contribution in [-0.2, 0) is 4.79 Å². The predicted octanol–water partition coefficient (Wildman–Crippen LogP) is 0.786. The molecule has 0 bridgehead atoms. The predicted molar refractivity (Wildman–Crippen MR) is 73.1 cm³/mol. The zero-order valence-corrected chi connectivity index (χ0v) is 12.1. The van der Waals surface area contributed by atoms with Crippen molar-refractivity contribution in [2.24, 2.45) is 5.92 Å². The monoisotopic (exact) mass is 271 g/mol. The summed E-state index contributed by atoms with van der Waals surface area (Å²) in [6.45, 7) is 3.40. The third-order valence-electron chi connectivity index (χ3n) is 3.56. The number of carboxylic acid groups (broad SMARTS) is 1. The Morgan fingerprint density at radius 2 is 2.00 bits per heavy atom. The number of carbonyl (C=O) groups excluding carboxylic acids is 1. The lowest BCUT2D eigenvalue weighted by atomic mass is 10.1. The van der Waals surface area contributed by atoms with E-state index >= 15 is 0 Å². The summed E-state index contributed by atoms with van der Waals surface area (Å²) in [6, 6.07) is -0.0278. The van der Waals surface area contributed by atoms with Crippen molar-refractivity contribution in [3.63, 3.8) is 0 Å². The first-order valence-electron chi connectivity index (χ1n) is 6.76. The lowest BCUT2D eigenvalue weighted by Gasteiger charge is -2.26. The van der Waals surface area contributed by atoms with E-state index < -0.39 is 5.97 Å². The van der Waals surface area contributed by atoms with Crippen LogP contribution in [0.15, 0.2) is 0 Å². The van der Waals surface area contributed by atoms with Crippen LogP contribution in [0.2, 0.25) is 0 Å². The Morgan fingerprint density at radius 3 is 2.53 bits per heavy atom. The molecule has 0 aromatic carbocycles. The van der Waals surface area contributed by atoms with E-state index in [2.05, 4.69) is 11.9 Å². The Hall–Kier alpha value is -1.30. The molecule has 0 radical (unpaired) electrons. The Morgan fingerprint density at radius 1 is 1.32 bits per heavy atom. The molecule has 1 unspecified atom stereocenters. The van der Waals surface area contributed by atoms with Gasteiger partial charge < -0.3 is 19.8 Å². The summed E-state index contributed by atoms with van der Waals surface area (Å²) in [5.74, 6) is -0.269. The summed E-state index contributed by atoms with van der Waals surface area (Å²) in [5, 5.41) is 8.57. The quantitative estimate of drug-likeness (QED) is 0.775. The molecule has 6 nitrogen and oxygen atoms in total. The van der Waals surface area contributed by atoms with E-state index in [1.165, 1.54) is 0 Å². The fourth-order valence-electron chi connectivity index (χ4n) is 2.50. The number of hydrogen-bond donors (Lipinski definition) is 1. The smallest absolute Gasteiger partial charge is 0.319 e. The van der Waals surface area contributed by atoms with Crippen LogP contribution in [0.3, 0.4) is 0 Å². The highest BCUT2D eigenvalue weighted by molar-refractivity contribution is 5.74. The van der Waals surface area contributed by atoms with Crippen LogP contribution in [-0.4, -0.2) is 79.1 Å². The Balaban J connectivity index is 2.28. The molecule has 1 atom stereocenters. The van der Waals surface area contributed by atoms with Crippen LogP contribution < -0.4 is 0 Å². The second-order valence-corrected chi connectivity index (χ2v) is 5.50. The maximum atomic E-state index is 12.1. The van der Waals surface area contributed by atoms with Crippen LogP contribution >= 0.6 is 0 Å². The molecule has 1 N–H and O–H groups in total. The molecule has 1 aliphatic rings. The summed E-state index contributed by atoms with van der Waals surface area (Å²) >= 11 is 0. The molecule has 1 aliphatic heterocycles. The van der Waals surface area contributed by atoms with Crippen molar-refractivity contribution in [1.29, 1.82) is 0 Å². The zero-order chi connectivity index (χ0) is 14.4. The van der Waals surface area contributed by atoms with Crippen molar-refractivity contribution >= 4 is 12.0 Å². The molecular formula is C13H25N3O3. The van der Waals surface area contributed by atoms with Crippen LogP contribution in [0.4, 0.5) is 4.79 Å². The molecule has 1 heterocycles. The first-order chi connectivity index (χ1) is 8.90. The molecule has 6 heteroatoms. The molecule has 19 heavy (non-hydrogen) atoms. The molecule has 110 valence electrons. The van der Waals surface area contributed by atoms with Gasteiger partial charge in [-0.15, -0.1) is 0 Å². The van der Waals surface area contributed by atoms with E-state index in [9.17, 15) is 9.59 Å². The van der Waals surface area contributed by atoms with E-state index in [0.29, 0.717) is 18.9 Å². The van der Waals surface area contributed by atoms with Gasteiger partial charge in [0.2, 0.25) is 0 Å². The van der Waals surface area contributed by atoms with Gasteiger partial charge in [-0.05, 0) is 32.4 Å². The molecule has 0 aromatic rings. The van der Waals surface area contributed by atoms with Crippen LogP contribution in [0.5, 0.6) is 0 Å². The second-order valence-electron chi connectivity index (χ2n) is 5.50. The van der Waals surface area contributed by atoms with Crippen LogP contribution in [0.1, 0.15) is 19.3 Å². The number of carboxylic acids is 1. The molecule has 0 aromatic heterocycles. The standard InChI is InChI=1S/C13H25N3O3/c1-14-8-6-11(9-14)10-16(3)13(19)15(2)7-4-5-12(17)18/h11H,4-10H2,1-3H3,(H,17,18). The molecule has 1 saturated heterocycles. The number of urea groups is 1. The lowest BCUT2D eigenvalue weighted by molar-refractivity contribution is -0.137. The van der Waals surface area contributed by atoms with Gasteiger partial charge in [-0.2, -0.15) is 0 Å². The van der Waals surface area contributed by atoms with Gasteiger partial charge in [-0.1, -0.05) is 0 Å². The highest BCUT2D eigenvalue weighted by atomic mass is 16.4. The summed E-state index contributed by atoms with van der Waals surface area (Å²) in [4.78, 5) is 28.1. The topological polar surface area (TPSA) is 64.1 Å². The van der Waals surface area contributed by atoms with Crippen molar-refractivity contribution in [2.45, 2.75) is 19.3 Å². The van der Waals surface area contributed by atoms with Crippen molar-refractivity contribution in [1.82, 2.24) is 14.7 Å². The van der Waals surface area contributed by atoms with Crippen molar-refractivity contribution in [3.05, 3.63) is 0 Å². The minimum atomic E-state index is -0.816. The van der Waals surface area contributed by atoms with Gasteiger partial charge in [0.05, 0.1) is 0 Å². The average molecular weight is 271 g/mol. The maximum absolute atomic E-state index is 12.1. The number of hydrogen-bond acceptors (Lipinski definition) is 3. The zero-order valence-electron chi connectivity index (χ0n) is 12.1. The Labute approximate surface area is 115 Å². The van der Waals surface area contributed by atoms with E-state index in [1.54, 1.807) is 16.8 Å². The van der Waals surface area contributed by atoms with Gasteiger partial charge in [0, 0.05) is 40.2 Å². The molecule has 2 amide bonds. The van der Waals surface area contributed by atoms with E-state index in [0.717, 1.165) is 26.1 Å². The summed E-state index contributed by atoms with van der Waals surface area (Å²) in [5.41, 5.74) is 0. The van der Waals surface area contributed by atoms with Crippen molar-refractivity contribution < 1.29 is 14.7 Å². The molecule has 1 rings (SSSR count). The maximum Gasteiger partial charge on any atom is 0.319 e. The van der Waals surface area contributed by atoms with Gasteiger partial charge in [-0.25, -0.2) is 4.79 Å². The lowest BCUT2D eigenvalue weighted by Crippen LogP contribution is -2.41. The molecule has 0 saturated carbocycles. The van der Waals surface area contributed by atoms with E-state index in [-0.39, 0.29) is 12.5 Å². The third-order valence-corrected chi connectivity index (χ3v) is 3.56. The minimum Gasteiger partial charge on any atom is -0.481 e. The highest BCUT2D eigenvalue weighted by Gasteiger charge is 2.23. The third kappa shape index (κ3) is 5.46. The summed E-state index contributed by atoms with van der Waals surface area (Å²) < 4.78 is 0. The summed E-state index contributed by atoms with van der Waals surface area (Å²) in [7, 11) is 5.63. The molecule has 1 fully saturated rings. The first kappa shape index (κ1) is 15.8. The van der Waals surface area contributed by atoms with Gasteiger partial charge in [0.1, 0.15) is 0 Å². The van der Waals surface area contributed by atoms with E-state index in [1.807, 2.05) is 7.05 Å². The number of likely N-dealkylation sites (tertiary alicyclic amines) is 1. The Kier molecular flexibility index (Phi) is 6.08. The molecule has 0 spiro atoms. The van der Waals surface area contributed by atoms with Crippen molar-refractivity contribution in [2.75, 3.05) is 47.3 Å².